The lowest BCUT2D eigenvalue weighted by Crippen LogP contribution is -2.66. The molecule has 0 radical (unpaired) electrons. The Labute approximate surface area is 56.2 Å². The van der Waals surface area contributed by atoms with Crippen LogP contribution in [0.3, 0.4) is 0 Å². The van der Waals surface area contributed by atoms with Crippen LogP contribution in [0.4, 0.5) is 0 Å². The lowest BCUT2D eigenvalue weighted by molar-refractivity contribution is 0.0786. The van der Waals surface area contributed by atoms with Crippen molar-refractivity contribution in [3.05, 3.63) is 0 Å². The number of likely N-dealkylation sites (tertiary alicyclic amines) is 1. The molecule has 0 spiro atoms. The van der Waals surface area contributed by atoms with Gasteiger partial charge in [0.05, 0.1) is 0 Å². The summed E-state index contributed by atoms with van der Waals surface area (Å²) in [6.45, 7) is 2.53. The fourth-order valence-corrected chi connectivity index (χ4v) is 1.87. The Balaban J connectivity index is 1.98. The number of nitrogens with zero attached hydrogens (tertiary/aromatic N) is 1. The first-order valence-electron chi connectivity index (χ1n) is 3.81. The third-order valence-corrected chi connectivity index (χ3v) is 2.65. The number of fused-ring (bicyclic) bond motifs is 1. The van der Waals surface area contributed by atoms with Crippen molar-refractivity contribution in [3.63, 3.8) is 0 Å². The zero-order valence-electron chi connectivity index (χ0n) is 5.93. The maximum Gasteiger partial charge on any atom is 0.0371 e. The van der Waals surface area contributed by atoms with Crippen molar-refractivity contribution in [2.75, 3.05) is 20.1 Å². The third kappa shape index (κ3) is 0.775. The van der Waals surface area contributed by atoms with E-state index < -0.39 is 0 Å². The molecule has 2 rings (SSSR count). The van der Waals surface area contributed by atoms with E-state index in [1.54, 1.807) is 0 Å². The van der Waals surface area contributed by atoms with Crippen LogP contribution in [0.1, 0.15) is 12.8 Å². The van der Waals surface area contributed by atoms with Gasteiger partial charge in [-0.25, -0.2) is 0 Å². The van der Waals surface area contributed by atoms with Crippen molar-refractivity contribution < 1.29 is 0 Å². The molecular weight excluding hydrogens is 112 g/mol. The van der Waals surface area contributed by atoms with E-state index in [1.165, 1.54) is 25.9 Å². The average molecular weight is 126 g/mol. The van der Waals surface area contributed by atoms with Crippen LogP contribution in [0.25, 0.3) is 0 Å². The molecule has 0 aromatic heterocycles. The SMILES string of the molecule is CN1CCCC2NC[C@@H]21. The Morgan fingerprint density at radius 1 is 1.56 bits per heavy atom. The fourth-order valence-electron chi connectivity index (χ4n) is 1.87. The minimum atomic E-state index is 0.837. The van der Waals surface area contributed by atoms with Gasteiger partial charge in [0.2, 0.25) is 0 Å². The van der Waals surface area contributed by atoms with E-state index in [4.69, 9.17) is 0 Å². The average Bonchev–Trinajstić information content (AvgIpc) is 1.74. The quantitative estimate of drug-likeness (QED) is 0.493. The van der Waals surface area contributed by atoms with Crippen LogP contribution < -0.4 is 5.32 Å². The number of rotatable bonds is 0. The maximum atomic E-state index is 3.44. The highest BCUT2D eigenvalue weighted by Gasteiger charge is 2.35. The predicted molar refractivity (Wildman–Crippen MR) is 37.4 cm³/mol. The first kappa shape index (κ1) is 5.69. The molecule has 1 N–H and O–H groups in total. The fraction of sp³-hybridized carbons (Fsp3) is 1.00. The summed E-state index contributed by atoms with van der Waals surface area (Å²) in [4.78, 5) is 2.48. The minimum Gasteiger partial charge on any atom is -0.311 e. The van der Waals surface area contributed by atoms with Crippen molar-refractivity contribution in [1.29, 1.82) is 0 Å². The van der Waals surface area contributed by atoms with Gasteiger partial charge in [-0.1, -0.05) is 0 Å². The molecule has 2 nitrogen and oxygen atoms in total. The highest BCUT2D eigenvalue weighted by atomic mass is 15.2. The van der Waals surface area contributed by atoms with Crippen LogP contribution in [0.5, 0.6) is 0 Å². The Morgan fingerprint density at radius 3 is 2.89 bits per heavy atom. The second-order valence-electron chi connectivity index (χ2n) is 3.20. The molecule has 0 aliphatic carbocycles. The molecule has 2 aliphatic heterocycles. The molecule has 2 fully saturated rings. The van der Waals surface area contributed by atoms with Gasteiger partial charge < -0.3 is 10.2 Å². The number of likely N-dealkylation sites (N-methyl/N-ethyl adjacent to an activating group) is 1. The molecular formula is C7H14N2. The van der Waals surface area contributed by atoms with E-state index in [9.17, 15) is 0 Å². The second-order valence-corrected chi connectivity index (χ2v) is 3.20. The summed E-state index contributed by atoms with van der Waals surface area (Å²) in [5.74, 6) is 0. The normalized spacial score (nSPS) is 43.7. The van der Waals surface area contributed by atoms with Gasteiger partial charge in [0, 0.05) is 18.6 Å². The van der Waals surface area contributed by atoms with Crippen molar-refractivity contribution in [3.8, 4) is 0 Å². The summed E-state index contributed by atoms with van der Waals surface area (Å²) in [5.41, 5.74) is 0. The monoisotopic (exact) mass is 126 g/mol. The molecule has 2 heteroatoms. The molecule has 1 unspecified atom stereocenters. The van der Waals surface area contributed by atoms with Crippen molar-refractivity contribution in [1.82, 2.24) is 10.2 Å². The molecule has 2 aliphatic rings. The summed E-state index contributed by atoms with van der Waals surface area (Å²) in [5, 5.41) is 3.44. The van der Waals surface area contributed by atoms with Crippen LogP contribution >= 0.6 is 0 Å². The van der Waals surface area contributed by atoms with Crippen LogP contribution in [-0.4, -0.2) is 37.1 Å². The van der Waals surface area contributed by atoms with Crippen LogP contribution in [0, 0.1) is 0 Å². The molecule has 52 valence electrons. The smallest absolute Gasteiger partial charge is 0.0371 e. The van der Waals surface area contributed by atoms with Gasteiger partial charge in [-0.2, -0.15) is 0 Å². The lowest BCUT2D eigenvalue weighted by atomic mass is 9.90. The Morgan fingerprint density at radius 2 is 2.44 bits per heavy atom. The van der Waals surface area contributed by atoms with Crippen LogP contribution in [0.2, 0.25) is 0 Å². The molecule has 2 saturated heterocycles. The molecule has 0 bridgehead atoms. The minimum absolute atomic E-state index is 0.837. The first-order valence-corrected chi connectivity index (χ1v) is 3.81. The second kappa shape index (κ2) is 1.96. The molecule has 0 aromatic rings. The molecule has 0 aromatic carbocycles. The zero-order chi connectivity index (χ0) is 6.27. The predicted octanol–water partition coefficient (Wildman–Crippen LogP) is 0.0524. The molecule has 9 heavy (non-hydrogen) atoms. The first-order chi connectivity index (χ1) is 4.38. The number of piperidine rings is 1. The van der Waals surface area contributed by atoms with Crippen molar-refractivity contribution >= 4 is 0 Å². The van der Waals surface area contributed by atoms with E-state index in [-0.39, 0.29) is 0 Å². The van der Waals surface area contributed by atoms with Crippen molar-refractivity contribution in [2.45, 2.75) is 24.9 Å². The third-order valence-electron chi connectivity index (χ3n) is 2.65. The number of hydrogen-bond donors (Lipinski definition) is 1. The topological polar surface area (TPSA) is 15.3 Å². The van der Waals surface area contributed by atoms with Gasteiger partial charge in [0.15, 0.2) is 0 Å². The summed E-state index contributed by atoms with van der Waals surface area (Å²) < 4.78 is 0. The Kier molecular flexibility index (Phi) is 1.24. The number of hydrogen-bond acceptors (Lipinski definition) is 2. The molecule has 2 atom stereocenters. The van der Waals surface area contributed by atoms with E-state index in [0.717, 1.165) is 12.1 Å². The van der Waals surface area contributed by atoms with Gasteiger partial charge >= 0.3 is 0 Å². The standard InChI is InChI=1S/C7H14N2/c1-9-4-2-3-6-7(9)5-8-6/h6-8H,2-5H2,1H3/t6?,7-/m0/s1. The highest BCUT2D eigenvalue weighted by Crippen LogP contribution is 2.21. The molecule has 0 amide bonds. The highest BCUT2D eigenvalue weighted by molar-refractivity contribution is 4.97. The van der Waals surface area contributed by atoms with Gasteiger partial charge in [-0.05, 0) is 26.4 Å². The van der Waals surface area contributed by atoms with Gasteiger partial charge in [0.1, 0.15) is 0 Å². The van der Waals surface area contributed by atoms with Gasteiger partial charge in [0.25, 0.3) is 0 Å². The largest absolute Gasteiger partial charge is 0.311 e. The lowest BCUT2D eigenvalue weighted by Gasteiger charge is -2.47. The summed E-state index contributed by atoms with van der Waals surface area (Å²) in [7, 11) is 2.23. The molecule has 2 heterocycles. The maximum absolute atomic E-state index is 3.44. The summed E-state index contributed by atoms with van der Waals surface area (Å²) in [6, 6.07) is 1.71. The zero-order valence-corrected chi connectivity index (χ0v) is 5.93. The van der Waals surface area contributed by atoms with E-state index in [1.807, 2.05) is 0 Å². The molecule has 0 saturated carbocycles. The summed E-state index contributed by atoms with van der Waals surface area (Å²) >= 11 is 0. The van der Waals surface area contributed by atoms with E-state index >= 15 is 0 Å². The summed E-state index contributed by atoms with van der Waals surface area (Å²) in [6.07, 6.45) is 2.78. The Bertz CT molecular complexity index is 107. The Hall–Kier alpha value is -0.0800. The van der Waals surface area contributed by atoms with Gasteiger partial charge in [-0.15, -0.1) is 0 Å². The van der Waals surface area contributed by atoms with E-state index in [0.29, 0.717) is 0 Å². The van der Waals surface area contributed by atoms with Crippen molar-refractivity contribution in [2.24, 2.45) is 0 Å². The van der Waals surface area contributed by atoms with Crippen LogP contribution in [0.15, 0.2) is 0 Å². The van der Waals surface area contributed by atoms with Gasteiger partial charge in [-0.3, -0.25) is 0 Å². The van der Waals surface area contributed by atoms with Crippen LogP contribution in [-0.2, 0) is 0 Å². The number of nitrogens with one attached hydrogen (secondary N) is 1. The van der Waals surface area contributed by atoms with E-state index in [2.05, 4.69) is 17.3 Å².